The molecule has 1 unspecified atom stereocenters. The smallest absolute Gasteiger partial charge is 0.238 e. The summed E-state index contributed by atoms with van der Waals surface area (Å²) in [6, 6.07) is 4.03. The summed E-state index contributed by atoms with van der Waals surface area (Å²) < 4.78 is 0. The van der Waals surface area contributed by atoms with Crippen molar-refractivity contribution in [2.75, 3.05) is 5.75 Å². The van der Waals surface area contributed by atoms with E-state index in [1.165, 1.54) is 11.8 Å². The van der Waals surface area contributed by atoms with Gasteiger partial charge in [0.15, 0.2) is 0 Å². The fourth-order valence-corrected chi connectivity index (χ4v) is 3.30. The lowest BCUT2D eigenvalue weighted by molar-refractivity contribution is -0.123. The molecule has 1 aliphatic rings. The normalized spacial score (nSPS) is 18.4. The minimum atomic E-state index is -0.885. The molecule has 1 saturated carbocycles. The fourth-order valence-electron chi connectivity index (χ4n) is 2.06. The van der Waals surface area contributed by atoms with Gasteiger partial charge in [-0.25, -0.2) is 4.98 Å². The number of hydrogen-bond donors (Lipinski definition) is 2. The summed E-state index contributed by atoms with van der Waals surface area (Å²) in [5, 5.41) is 0.907. The first-order valence-electron chi connectivity index (χ1n) is 6.08. The average molecular weight is 265 g/mol. The Hall–Kier alpha value is -1.07. The van der Waals surface area contributed by atoms with E-state index in [1.807, 2.05) is 26.0 Å². The summed E-state index contributed by atoms with van der Waals surface area (Å²) >= 11 is 1.52. The van der Waals surface area contributed by atoms with Crippen LogP contribution in [0, 0.1) is 19.8 Å². The number of aryl methyl sites for hydroxylation is 2. The Kier molecular flexibility index (Phi) is 3.64. The highest BCUT2D eigenvalue weighted by atomic mass is 32.2. The van der Waals surface area contributed by atoms with Crippen molar-refractivity contribution in [1.29, 1.82) is 0 Å². The number of rotatable bonds is 5. The second-order valence-corrected chi connectivity index (χ2v) is 6.09. The molecule has 4 N–H and O–H groups in total. The molecule has 0 aromatic carbocycles. The van der Waals surface area contributed by atoms with Crippen LogP contribution in [-0.2, 0) is 4.79 Å². The van der Waals surface area contributed by atoms with Gasteiger partial charge in [0.1, 0.15) is 5.54 Å². The van der Waals surface area contributed by atoms with Crippen molar-refractivity contribution in [3.05, 3.63) is 23.4 Å². The molecule has 1 heterocycles. The minimum absolute atomic E-state index is 0.244. The van der Waals surface area contributed by atoms with Crippen molar-refractivity contribution in [2.24, 2.45) is 17.4 Å². The van der Waals surface area contributed by atoms with E-state index in [1.54, 1.807) is 0 Å². The van der Waals surface area contributed by atoms with E-state index in [-0.39, 0.29) is 5.92 Å². The van der Waals surface area contributed by atoms with Crippen LogP contribution in [0.25, 0.3) is 0 Å². The van der Waals surface area contributed by atoms with Crippen molar-refractivity contribution >= 4 is 17.7 Å². The number of pyridine rings is 1. The zero-order valence-electron chi connectivity index (χ0n) is 10.8. The largest absolute Gasteiger partial charge is 0.368 e. The van der Waals surface area contributed by atoms with Crippen LogP contribution in [0.2, 0.25) is 0 Å². The molecule has 1 atom stereocenters. The van der Waals surface area contributed by atoms with Crippen LogP contribution in [-0.4, -0.2) is 22.2 Å². The molecule has 4 nitrogen and oxygen atoms in total. The number of nitrogens with two attached hydrogens (primary N) is 2. The summed E-state index contributed by atoms with van der Waals surface area (Å²) in [4.78, 5) is 16.0. The van der Waals surface area contributed by atoms with Gasteiger partial charge in [-0.3, -0.25) is 4.79 Å². The van der Waals surface area contributed by atoms with Crippen LogP contribution >= 0.6 is 11.8 Å². The number of primary amides is 1. The number of aromatic nitrogens is 1. The van der Waals surface area contributed by atoms with E-state index in [9.17, 15) is 4.79 Å². The number of carbonyl (C=O) groups excluding carboxylic acids is 1. The summed E-state index contributed by atoms with van der Waals surface area (Å²) in [7, 11) is 0. The Labute approximate surface area is 112 Å². The van der Waals surface area contributed by atoms with Crippen LogP contribution in [0.15, 0.2) is 17.2 Å². The van der Waals surface area contributed by atoms with E-state index >= 15 is 0 Å². The van der Waals surface area contributed by atoms with Crippen LogP contribution in [0.3, 0.4) is 0 Å². The first-order valence-corrected chi connectivity index (χ1v) is 7.07. The van der Waals surface area contributed by atoms with Gasteiger partial charge in [-0.15, -0.1) is 11.8 Å². The van der Waals surface area contributed by atoms with E-state index in [4.69, 9.17) is 11.5 Å². The van der Waals surface area contributed by atoms with Gasteiger partial charge in [0, 0.05) is 11.4 Å². The number of nitrogens with zero attached hydrogens (tertiary/aromatic N) is 1. The monoisotopic (exact) mass is 265 g/mol. The molecule has 1 aromatic rings. The molecule has 0 bridgehead atoms. The third-order valence-corrected chi connectivity index (χ3v) is 4.42. The molecule has 0 spiro atoms. The molecule has 0 aliphatic heterocycles. The standard InChI is InChI=1S/C13H19N3OS/c1-8-5-9(2)16-11(6-8)18-7-13(15,12(14)17)10-3-4-10/h5-6,10H,3-4,7,15H2,1-2H3,(H2,14,17). The van der Waals surface area contributed by atoms with Crippen LogP contribution < -0.4 is 11.5 Å². The van der Waals surface area contributed by atoms with Gasteiger partial charge < -0.3 is 11.5 Å². The van der Waals surface area contributed by atoms with Crippen LogP contribution in [0.4, 0.5) is 0 Å². The van der Waals surface area contributed by atoms with E-state index in [0.29, 0.717) is 5.75 Å². The maximum absolute atomic E-state index is 11.5. The summed E-state index contributed by atoms with van der Waals surface area (Å²) in [5.41, 5.74) is 12.8. The molecule has 1 fully saturated rings. The minimum Gasteiger partial charge on any atom is -0.368 e. The van der Waals surface area contributed by atoms with E-state index < -0.39 is 11.4 Å². The summed E-state index contributed by atoms with van der Waals surface area (Å²) in [6.07, 6.45) is 2.00. The third kappa shape index (κ3) is 2.84. The maximum atomic E-state index is 11.5. The molecular weight excluding hydrogens is 246 g/mol. The lowest BCUT2D eigenvalue weighted by atomic mass is 9.96. The topological polar surface area (TPSA) is 82.0 Å². The van der Waals surface area contributed by atoms with Crippen molar-refractivity contribution in [3.63, 3.8) is 0 Å². The summed E-state index contributed by atoms with van der Waals surface area (Å²) in [5.74, 6) is 0.346. The predicted molar refractivity (Wildman–Crippen MR) is 73.3 cm³/mol. The molecule has 1 aromatic heterocycles. The van der Waals surface area contributed by atoms with E-state index in [0.717, 1.165) is 29.1 Å². The highest BCUT2D eigenvalue weighted by molar-refractivity contribution is 7.99. The Morgan fingerprint density at radius 3 is 2.67 bits per heavy atom. The molecular formula is C13H19N3OS. The number of amides is 1. The summed E-state index contributed by atoms with van der Waals surface area (Å²) in [6.45, 7) is 3.99. The Balaban J connectivity index is 2.07. The SMILES string of the molecule is Cc1cc(C)nc(SCC(N)(C(N)=O)C2CC2)c1. The molecule has 1 amide bonds. The second kappa shape index (κ2) is 4.90. The molecule has 0 radical (unpaired) electrons. The van der Waals surface area contributed by atoms with Gasteiger partial charge in [-0.05, 0) is 50.3 Å². The van der Waals surface area contributed by atoms with Gasteiger partial charge >= 0.3 is 0 Å². The second-order valence-electron chi connectivity index (χ2n) is 5.09. The molecule has 98 valence electrons. The van der Waals surface area contributed by atoms with Gasteiger partial charge in [0.25, 0.3) is 0 Å². The first-order chi connectivity index (χ1) is 8.41. The van der Waals surface area contributed by atoms with Gasteiger partial charge in [0.05, 0.1) is 5.03 Å². The Morgan fingerprint density at radius 1 is 1.50 bits per heavy atom. The number of thioether (sulfide) groups is 1. The molecule has 5 heteroatoms. The molecule has 1 aliphatic carbocycles. The number of hydrogen-bond acceptors (Lipinski definition) is 4. The third-order valence-electron chi connectivity index (χ3n) is 3.30. The van der Waals surface area contributed by atoms with Crippen molar-refractivity contribution in [3.8, 4) is 0 Å². The Morgan fingerprint density at radius 2 is 2.17 bits per heavy atom. The average Bonchev–Trinajstić information content (AvgIpc) is 3.08. The zero-order valence-corrected chi connectivity index (χ0v) is 11.6. The molecule has 0 saturated heterocycles. The van der Waals surface area contributed by atoms with Gasteiger partial charge in [-0.1, -0.05) is 0 Å². The zero-order chi connectivity index (χ0) is 13.3. The predicted octanol–water partition coefficient (Wildman–Crippen LogP) is 1.38. The van der Waals surface area contributed by atoms with Crippen LogP contribution in [0.5, 0.6) is 0 Å². The lowest BCUT2D eigenvalue weighted by Crippen LogP contribution is -2.56. The highest BCUT2D eigenvalue weighted by Gasteiger charge is 2.46. The lowest BCUT2D eigenvalue weighted by Gasteiger charge is -2.25. The highest BCUT2D eigenvalue weighted by Crippen LogP contribution is 2.40. The van der Waals surface area contributed by atoms with Gasteiger partial charge in [-0.2, -0.15) is 0 Å². The van der Waals surface area contributed by atoms with Crippen molar-refractivity contribution < 1.29 is 4.79 Å². The first kappa shape index (κ1) is 13.4. The van der Waals surface area contributed by atoms with Crippen molar-refractivity contribution in [2.45, 2.75) is 37.3 Å². The number of carbonyl (C=O) groups is 1. The van der Waals surface area contributed by atoms with Crippen LogP contribution in [0.1, 0.15) is 24.1 Å². The molecule has 18 heavy (non-hydrogen) atoms. The quantitative estimate of drug-likeness (QED) is 0.788. The van der Waals surface area contributed by atoms with Gasteiger partial charge in [0.2, 0.25) is 5.91 Å². The van der Waals surface area contributed by atoms with Crippen molar-refractivity contribution in [1.82, 2.24) is 4.98 Å². The maximum Gasteiger partial charge on any atom is 0.238 e. The Bertz CT molecular complexity index is 453. The van der Waals surface area contributed by atoms with E-state index in [2.05, 4.69) is 4.98 Å². The molecule has 2 rings (SSSR count). The fraction of sp³-hybridized carbons (Fsp3) is 0.538.